The molecule has 2 rings (SSSR count). The normalized spacial score (nSPS) is 18.4. The maximum Gasteiger partial charge on any atom is 0.326 e. The van der Waals surface area contributed by atoms with Gasteiger partial charge in [-0.3, -0.25) is 19.4 Å². The number of nitrogens with one attached hydrogen (secondary N) is 3. The zero-order valence-corrected chi connectivity index (χ0v) is 21.4. The molecule has 0 aliphatic carbocycles. The zero-order valence-electron chi connectivity index (χ0n) is 21.4. The third kappa shape index (κ3) is 8.74. The molecule has 1 fully saturated rings. The van der Waals surface area contributed by atoms with Crippen molar-refractivity contribution in [2.75, 3.05) is 13.1 Å². The summed E-state index contributed by atoms with van der Waals surface area (Å²) in [7, 11) is 0. The van der Waals surface area contributed by atoms with E-state index in [-0.39, 0.29) is 37.2 Å². The van der Waals surface area contributed by atoms with Crippen LogP contribution in [0.5, 0.6) is 0 Å². The summed E-state index contributed by atoms with van der Waals surface area (Å²) in [6.07, 6.45) is 5.14. The fourth-order valence-electron chi connectivity index (χ4n) is 4.12. The lowest BCUT2D eigenvalue weighted by Crippen LogP contribution is -2.57. The summed E-state index contributed by atoms with van der Waals surface area (Å²) in [5.41, 5.74) is 17.4. The molecule has 5 atom stereocenters. The van der Waals surface area contributed by atoms with Gasteiger partial charge in [0.05, 0.1) is 12.4 Å². The van der Waals surface area contributed by atoms with E-state index in [1.807, 2.05) is 13.8 Å². The van der Waals surface area contributed by atoms with E-state index in [4.69, 9.17) is 17.2 Å². The molecule has 3 amide bonds. The van der Waals surface area contributed by atoms with E-state index in [9.17, 15) is 24.3 Å². The van der Waals surface area contributed by atoms with Crippen LogP contribution in [0.2, 0.25) is 0 Å². The van der Waals surface area contributed by atoms with E-state index < -0.39 is 42.0 Å². The topological polar surface area (TPSA) is 235 Å². The molecule has 1 aliphatic rings. The molecule has 0 saturated carbocycles. The second kappa shape index (κ2) is 14.2. The number of aliphatic imine (C=N–C) groups is 1. The van der Waals surface area contributed by atoms with Gasteiger partial charge in [-0.2, -0.15) is 0 Å². The number of aromatic amines is 1. The third-order valence-corrected chi connectivity index (χ3v) is 6.55. The van der Waals surface area contributed by atoms with Gasteiger partial charge >= 0.3 is 5.97 Å². The number of carbonyl (C=O) groups is 4. The number of aromatic nitrogens is 2. The average molecular weight is 522 g/mol. The van der Waals surface area contributed by atoms with Crippen molar-refractivity contribution >= 4 is 29.7 Å². The number of guanidine groups is 1. The Balaban J connectivity index is 2.13. The second-order valence-corrected chi connectivity index (χ2v) is 9.29. The number of H-pyrrole nitrogens is 1. The van der Waals surface area contributed by atoms with Crippen LogP contribution in [0.25, 0.3) is 0 Å². The van der Waals surface area contributed by atoms with Crippen molar-refractivity contribution in [3.63, 3.8) is 0 Å². The van der Waals surface area contributed by atoms with Gasteiger partial charge in [-0.25, -0.2) is 9.78 Å². The number of amides is 3. The summed E-state index contributed by atoms with van der Waals surface area (Å²) >= 11 is 0. The molecule has 0 spiro atoms. The lowest BCUT2D eigenvalue weighted by Gasteiger charge is -2.30. The monoisotopic (exact) mass is 521 g/mol. The van der Waals surface area contributed by atoms with Gasteiger partial charge in [0, 0.05) is 31.4 Å². The number of carboxylic acids is 1. The van der Waals surface area contributed by atoms with Crippen LogP contribution < -0.4 is 27.8 Å². The predicted octanol–water partition coefficient (Wildman–Crippen LogP) is -1.58. The Morgan fingerprint density at radius 3 is 2.59 bits per heavy atom. The first kappa shape index (κ1) is 29.5. The number of nitrogens with zero attached hydrogens (tertiary/aromatic N) is 3. The molecule has 1 aromatic rings. The average Bonchev–Trinajstić information content (AvgIpc) is 3.56. The Morgan fingerprint density at radius 1 is 1.27 bits per heavy atom. The first-order valence-corrected chi connectivity index (χ1v) is 12.5. The summed E-state index contributed by atoms with van der Waals surface area (Å²) < 4.78 is 0. The van der Waals surface area contributed by atoms with Gasteiger partial charge in [-0.1, -0.05) is 20.3 Å². The van der Waals surface area contributed by atoms with E-state index >= 15 is 0 Å². The SMILES string of the molecule is CCC(C)C(N)C(=O)N1CCCC1C(=O)NC(CCCN=C(N)N)C(=O)NC(Cc1cnc[nH]1)C(=O)O. The third-order valence-electron chi connectivity index (χ3n) is 6.55. The first-order valence-electron chi connectivity index (χ1n) is 12.5. The molecule has 5 unspecified atom stereocenters. The number of likely N-dealkylation sites (tertiary alicyclic amines) is 1. The molecule has 206 valence electrons. The maximum absolute atomic E-state index is 13.2. The van der Waals surface area contributed by atoms with Gasteiger partial charge in [0.2, 0.25) is 17.7 Å². The number of carbonyl (C=O) groups excluding carboxylic acids is 3. The zero-order chi connectivity index (χ0) is 27.5. The van der Waals surface area contributed by atoms with Crippen molar-refractivity contribution in [1.29, 1.82) is 0 Å². The summed E-state index contributed by atoms with van der Waals surface area (Å²) in [6, 6.07) is -3.80. The molecule has 37 heavy (non-hydrogen) atoms. The Morgan fingerprint density at radius 2 is 2.00 bits per heavy atom. The molecule has 0 aromatic carbocycles. The highest BCUT2D eigenvalue weighted by Gasteiger charge is 2.38. The van der Waals surface area contributed by atoms with Crippen molar-refractivity contribution in [1.82, 2.24) is 25.5 Å². The molecular weight excluding hydrogens is 482 g/mol. The standard InChI is InChI=1S/C23H39N9O5/c1-3-13(2)18(24)21(35)32-9-5-7-17(32)20(34)30-15(6-4-8-28-23(25)26)19(33)31-16(22(36)37)10-14-11-27-12-29-14/h11-13,15-18H,3-10,24H2,1-2H3,(H,27,29)(H,30,34)(H,31,33)(H,36,37)(H4,25,26,28). The highest BCUT2D eigenvalue weighted by molar-refractivity contribution is 5.94. The minimum Gasteiger partial charge on any atom is -0.480 e. The number of imidazole rings is 1. The number of rotatable bonds is 14. The molecule has 1 aromatic heterocycles. The fourth-order valence-corrected chi connectivity index (χ4v) is 4.12. The van der Waals surface area contributed by atoms with Crippen molar-refractivity contribution in [2.45, 2.75) is 76.5 Å². The van der Waals surface area contributed by atoms with Crippen LogP contribution in [0.4, 0.5) is 0 Å². The van der Waals surface area contributed by atoms with Gasteiger partial charge in [-0.15, -0.1) is 0 Å². The Labute approximate surface area is 215 Å². The molecule has 14 heteroatoms. The highest BCUT2D eigenvalue weighted by Crippen LogP contribution is 2.21. The summed E-state index contributed by atoms with van der Waals surface area (Å²) in [5, 5.41) is 14.8. The van der Waals surface area contributed by atoms with Crippen LogP contribution in [-0.2, 0) is 25.6 Å². The summed E-state index contributed by atoms with van der Waals surface area (Å²) in [5.74, 6) is -2.85. The van der Waals surface area contributed by atoms with Gasteiger partial charge < -0.3 is 42.8 Å². The van der Waals surface area contributed by atoms with Crippen LogP contribution in [0, 0.1) is 5.92 Å². The van der Waals surface area contributed by atoms with Crippen LogP contribution in [0.3, 0.4) is 0 Å². The molecule has 1 aliphatic heterocycles. The Kier molecular flexibility index (Phi) is 11.3. The first-order chi connectivity index (χ1) is 17.5. The minimum absolute atomic E-state index is 0.0197. The van der Waals surface area contributed by atoms with Gasteiger partial charge in [0.25, 0.3) is 0 Å². The van der Waals surface area contributed by atoms with Crippen LogP contribution in [0.1, 0.15) is 51.6 Å². The Hall–Kier alpha value is -3.68. The van der Waals surface area contributed by atoms with Crippen molar-refractivity contribution < 1.29 is 24.3 Å². The predicted molar refractivity (Wildman–Crippen MR) is 136 cm³/mol. The largest absolute Gasteiger partial charge is 0.480 e. The molecule has 0 bridgehead atoms. The molecule has 1 saturated heterocycles. The number of aliphatic carboxylic acids is 1. The van der Waals surface area contributed by atoms with Crippen molar-refractivity contribution in [3.8, 4) is 0 Å². The van der Waals surface area contributed by atoms with Gasteiger partial charge in [0.1, 0.15) is 18.1 Å². The molecule has 0 radical (unpaired) electrons. The van der Waals surface area contributed by atoms with Crippen molar-refractivity contribution in [3.05, 3.63) is 18.2 Å². The molecule has 14 nitrogen and oxygen atoms in total. The van der Waals surface area contributed by atoms with Crippen molar-refractivity contribution in [2.24, 2.45) is 28.1 Å². The van der Waals surface area contributed by atoms with Crippen LogP contribution >= 0.6 is 0 Å². The second-order valence-electron chi connectivity index (χ2n) is 9.29. The molecule has 10 N–H and O–H groups in total. The summed E-state index contributed by atoms with van der Waals surface area (Å²) in [4.78, 5) is 63.1. The highest BCUT2D eigenvalue weighted by atomic mass is 16.4. The number of carboxylic acid groups (broad SMARTS) is 1. The number of hydrogen-bond donors (Lipinski definition) is 7. The van der Waals surface area contributed by atoms with Gasteiger partial charge in [0.15, 0.2) is 5.96 Å². The van der Waals surface area contributed by atoms with E-state index in [1.165, 1.54) is 17.4 Å². The van der Waals surface area contributed by atoms with Gasteiger partial charge in [-0.05, 0) is 31.6 Å². The number of hydrogen-bond acceptors (Lipinski definition) is 7. The maximum atomic E-state index is 13.2. The molecular formula is C23H39N9O5. The van der Waals surface area contributed by atoms with E-state index in [0.29, 0.717) is 31.5 Å². The minimum atomic E-state index is -1.25. The van der Waals surface area contributed by atoms with Crippen LogP contribution in [0.15, 0.2) is 17.5 Å². The quantitative estimate of drug-likeness (QED) is 0.0848. The fraction of sp³-hybridized carbons (Fsp3) is 0.652. The van der Waals surface area contributed by atoms with E-state index in [1.54, 1.807) is 0 Å². The smallest absolute Gasteiger partial charge is 0.326 e. The molecule has 2 heterocycles. The lowest BCUT2D eigenvalue weighted by atomic mass is 9.98. The van der Waals surface area contributed by atoms with Crippen LogP contribution in [-0.4, -0.2) is 86.9 Å². The number of nitrogens with two attached hydrogens (primary N) is 3. The van der Waals surface area contributed by atoms with E-state index in [2.05, 4.69) is 25.6 Å². The Bertz CT molecular complexity index is 948. The summed E-state index contributed by atoms with van der Waals surface area (Å²) in [6.45, 7) is 4.44. The lowest BCUT2D eigenvalue weighted by molar-refractivity contribution is -0.143. The van der Waals surface area contributed by atoms with E-state index in [0.717, 1.165) is 6.42 Å².